The molecule has 2 rings (SSSR count). The van der Waals surface area contributed by atoms with Gasteiger partial charge in [0.05, 0.1) is 16.9 Å². The molecule has 0 saturated heterocycles. The quantitative estimate of drug-likeness (QED) is 0.879. The van der Waals surface area contributed by atoms with E-state index < -0.39 is 0 Å². The van der Waals surface area contributed by atoms with E-state index in [2.05, 4.69) is 5.32 Å². The second-order valence-electron chi connectivity index (χ2n) is 4.76. The lowest BCUT2D eigenvalue weighted by Crippen LogP contribution is -2.22. The van der Waals surface area contributed by atoms with Crippen LogP contribution in [-0.2, 0) is 10.5 Å². The summed E-state index contributed by atoms with van der Waals surface area (Å²) in [5, 5.41) is 12.1. The third kappa shape index (κ3) is 4.80. The number of halogens is 1. The minimum absolute atomic E-state index is 0.0522. The Morgan fingerprint density at radius 1 is 1.23 bits per heavy atom. The summed E-state index contributed by atoms with van der Waals surface area (Å²) in [6.45, 7) is 1.87. The van der Waals surface area contributed by atoms with Crippen molar-refractivity contribution in [3.63, 3.8) is 0 Å². The molecule has 1 amide bonds. The van der Waals surface area contributed by atoms with Crippen LogP contribution in [0.2, 0.25) is 5.02 Å². The number of hydrogen-bond acceptors (Lipinski definition) is 3. The van der Waals surface area contributed by atoms with Gasteiger partial charge in [0.15, 0.2) is 0 Å². The van der Waals surface area contributed by atoms with Gasteiger partial charge in [-0.2, -0.15) is 5.26 Å². The molecular weight excluding hydrogens is 316 g/mol. The summed E-state index contributed by atoms with van der Waals surface area (Å²) in [5.41, 5.74) is 2.40. The first kappa shape index (κ1) is 16.4. The van der Waals surface area contributed by atoms with Crippen LogP contribution in [0.1, 0.15) is 18.1 Å². The Balaban J connectivity index is 1.86. The van der Waals surface area contributed by atoms with Crippen LogP contribution in [0.3, 0.4) is 0 Å². The molecule has 0 aliphatic heterocycles. The third-order valence-electron chi connectivity index (χ3n) is 3.06. The number of nitriles is 1. The highest BCUT2D eigenvalue weighted by Crippen LogP contribution is 2.20. The standard InChI is InChI=1S/C17H15ClN2OS/c1-12(22-11-14-2-6-15(18)7-3-14)17(21)20-16-8-4-13(10-19)5-9-16/h2-9,12H,11H2,1H3,(H,20,21). The number of carbonyl (C=O) groups excluding carboxylic acids is 1. The molecule has 22 heavy (non-hydrogen) atoms. The van der Waals surface area contributed by atoms with Crippen LogP contribution in [0, 0.1) is 11.3 Å². The maximum atomic E-state index is 12.1. The highest BCUT2D eigenvalue weighted by atomic mass is 35.5. The molecule has 3 nitrogen and oxygen atoms in total. The SMILES string of the molecule is CC(SCc1ccc(Cl)cc1)C(=O)Nc1ccc(C#N)cc1. The van der Waals surface area contributed by atoms with Gasteiger partial charge in [0, 0.05) is 16.5 Å². The van der Waals surface area contributed by atoms with E-state index in [9.17, 15) is 4.79 Å². The predicted molar refractivity (Wildman–Crippen MR) is 92.0 cm³/mol. The third-order valence-corrected chi connectivity index (χ3v) is 4.53. The fourth-order valence-electron chi connectivity index (χ4n) is 1.75. The molecule has 0 aliphatic rings. The first-order chi connectivity index (χ1) is 10.6. The largest absolute Gasteiger partial charge is 0.325 e. The lowest BCUT2D eigenvalue weighted by Gasteiger charge is -2.12. The van der Waals surface area contributed by atoms with Crippen LogP contribution in [0.4, 0.5) is 5.69 Å². The van der Waals surface area contributed by atoms with Crippen LogP contribution in [0.5, 0.6) is 0 Å². The summed E-state index contributed by atoms with van der Waals surface area (Å²) in [5.74, 6) is 0.697. The summed E-state index contributed by atoms with van der Waals surface area (Å²) >= 11 is 7.41. The second-order valence-corrected chi connectivity index (χ2v) is 6.52. The Labute approximate surface area is 139 Å². The van der Waals surface area contributed by atoms with E-state index in [1.54, 1.807) is 36.0 Å². The summed E-state index contributed by atoms with van der Waals surface area (Å²) < 4.78 is 0. The number of benzene rings is 2. The van der Waals surface area contributed by atoms with Gasteiger partial charge in [-0.05, 0) is 48.9 Å². The van der Waals surface area contributed by atoms with Crippen molar-refractivity contribution >= 4 is 35.0 Å². The van der Waals surface area contributed by atoms with Crippen LogP contribution < -0.4 is 5.32 Å². The van der Waals surface area contributed by atoms with Gasteiger partial charge in [0.25, 0.3) is 0 Å². The zero-order valence-electron chi connectivity index (χ0n) is 12.0. The van der Waals surface area contributed by atoms with Crippen molar-refractivity contribution in [1.29, 1.82) is 5.26 Å². The van der Waals surface area contributed by atoms with Crippen LogP contribution in [0.15, 0.2) is 48.5 Å². The topological polar surface area (TPSA) is 52.9 Å². The molecule has 0 radical (unpaired) electrons. The molecule has 5 heteroatoms. The Kier molecular flexibility index (Phi) is 5.88. The molecule has 0 spiro atoms. The molecule has 1 unspecified atom stereocenters. The van der Waals surface area contributed by atoms with Crippen LogP contribution in [0.25, 0.3) is 0 Å². The van der Waals surface area contributed by atoms with Gasteiger partial charge in [-0.15, -0.1) is 11.8 Å². The maximum absolute atomic E-state index is 12.1. The van der Waals surface area contributed by atoms with E-state index in [-0.39, 0.29) is 11.2 Å². The van der Waals surface area contributed by atoms with E-state index in [0.29, 0.717) is 16.3 Å². The molecule has 112 valence electrons. The van der Waals surface area contributed by atoms with Gasteiger partial charge in [-0.25, -0.2) is 0 Å². The molecule has 0 aliphatic carbocycles. The van der Waals surface area contributed by atoms with Gasteiger partial charge < -0.3 is 5.32 Å². The molecular formula is C17H15ClN2OS. The van der Waals surface area contributed by atoms with E-state index in [1.165, 1.54) is 0 Å². The van der Waals surface area contributed by atoms with Crippen molar-refractivity contribution in [3.8, 4) is 6.07 Å². The lowest BCUT2D eigenvalue weighted by atomic mass is 10.2. The summed E-state index contributed by atoms with van der Waals surface area (Å²) in [4.78, 5) is 12.1. The molecule has 0 aromatic heterocycles. The van der Waals surface area contributed by atoms with E-state index in [0.717, 1.165) is 11.3 Å². The first-order valence-electron chi connectivity index (χ1n) is 6.75. The number of rotatable bonds is 5. The Morgan fingerprint density at radius 3 is 2.45 bits per heavy atom. The predicted octanol–water partition coefficient (Wildman–Crippen LogP) is 4.47. The minimum Gasteiger partial charge on any atom is -0.325 e. The van der Waals surface area contributed by atoms with Crippen LogP contribution in [-0.4, -0.2) is 11.2 Å². The zero-order valence-corrected chi connectivity index (χ0v) is 13.6. The number of nitrogens with zero attached hydrogens (tertiary/aromatic N) is 1. The zero-order chi connectivity index (χ0) is 15.9. The normalized spacial score (nSPS) is 11.5. The van der Waals surface area contributed by atoms with E-state index >= 15 is 0 Å². The minimum atomic E-state index is -0.175. The number of nitrogens with one attached hydrogen (secondary N) is 1. The fraction of sp³-hybridized carbons (Fsp3) is 0.176. The number of carbonyl (C=O) groups is 1. The summed E-state index contributed by atoms with van der Waals surface area (Å²) in [6.07, 6.45) is 0. The van der Waals surface area contributed by atoms with Crippen molar-refractivity contribution in [1.82, 2.24) is 0 Å². The monoisotopic (exact) mass is 330 g/mol. The molecule has 1 N–H and O–H groups in total. The van der Waals surface area contributed by atoms with Gasteiger partial charge >= 0.3 is 0 Å². The van der Waals surface area contributed by atoms with E-state index in [4.69, 9.17) is 16.9 Å². The number of thioether (sulfide) groups is 1. The number of anilines is 1. The van der Waals surface area contributed by atoms with Crippen LogP contribution >= 0.6 is 23.4 Å². The second kappa shape index (κ2) is 7.88. The van der Waals surface area contributed by atoms with Gasteiger partial charge in [0.2, 0.25) is 5.91 Å². The summed E-state index contributed by atoms with van der Waals surface area (Å²) in [6, 6.07) is 16.5. The Hall–Kier alpha value is -1.96. The lowest BCUT2D eigenvalue weighted by molar-refractivity contribution is -0.115. The molecule has 0 bridgehead atoms. The number of amides is 1. The molecule has 0 heterocycles. The van der Waals surface area contributed by atoms with Crippen molar-refractivity contribution in [2.24, 2.45) is 0 Å². The maximum Gasteiger partial charge on any atom is 0.237 e. The van der Waals surface area contributed by atoms with Gasteiger partial charge in [-0.3, -0.25) is 4.79 Å². The highest BCUT2D eigenvalue weighted by Gasteiger charge is 2.13. The van der Waals surface area contributed by atoms with Gasteiger partial charge in [-0.1, -0.05) is 23.7 Å². The smallest absolute Gasteiger partial charge is 0.237 e. The number of hydrogen-bond donors (Lipinski definition) is 1. The molecule has 2 aromatic rings. The average Bonchev–Trinajstić information content (AvgIpc) is 2.54. The van der Waals surface area contributed by atoms with E-state index in [1.807, 2.05) is 37.3 Å². The molecule has 0 fully saturated rings. The van der Waals surface area contributed by atoms with Crippen molar-refractivity contribution in [2.75, 3.05) is 5.32 Å². The Morgan fingerprint density at radius 2 is 1.86 bits per heavy atom. The average molecular weight is 331 g/mol. The van der Waals surface area contributed by atoms with Crippen molar-refractivity contribution in [3.05, 3.63) is 64.7 Å². The van der Waals surface area contributed by atoms with Gasteiger partial charge in [0.1, 0.15) is 0 Å². The Bertz CT molecular complexity index is 677. The highest BCUT2D eigenvalue weighted by molar-refractivity contribution is 7.99. The molecule has 1 atom stereocenters. The van der Waals surface area contributed by atoms with Crippen molar-refractivity contribution in [2.45, 2.75) is 17.9 Å². The fourth-order valence-corrected chi connectivity index (χ4v) is 2.72. The summed E-state index contributed by atoms with van der Waals surface area (Å²) in [7, 11) is 0. The first-order valence-corrected chi connectivity index (χ1v) is 8.18. The van der Waals surface area contributed by atoms with Crippen molar-refractivity contribution < 1.29 is 4.79 Å². The molecule has 0 saturated carbocycles. The molecule has 2 aromatic carbocycles.